The Bertz CT molecular complexity index is 599. The molecule has 2 aliphatic rings. The van der Waals surface area contributed by atoms with Crippen LogP contribution in [-0.2, 0) is 20.9 Å². The van der Waals surface area contributed by atoms with Crippen molar-refractivity contribution < 1.29 is 24.2 Å². The van der Waals surface area contributed by atoms with Crippen molar-refractivity contribution in [3.8, 4) is 0 Å². The lowest BCUT2D eigenvalue weighted by atomic mass is 9.90. The molecular weight excluding hydrogens is 334 g/mol. The first kappa shape index (κ1) is 18.7. The number of likely N-dealkylation sites (tertiary alicyclic amines) is 1. The molecule has 2 atom stereocenters. The number of hydrogen-bond acceptors (Lipinski definition) is 4. The highest BCUT2D eigenvalue weighted by Gasteiger charge is 2.41. The number of carbonyl (C=O) groups excluding carboxylic acids is 1. The Hall–Kier alpha value is -2.08. The smallest absolute Gasteiger partial charge is 0.410 e. The number of amides is 1. The number of carbonyl (C=O) groups is 2. The van der Waals surface area contributed by atoms with Crippen LogP contribution in [0.1, 0.15) is 44.1 Å². The lowest BCUT2D eigenvalue weighted by Crippen LogP contribution is -2.40. The average Bonchev–Trinajstić information content (AvgIpc) is 3.11. The van der Waals surface area contributed by atoms with Crippen molar-refractivity contribution in [1.82, 2.24) is 4.90 Å². The van der Waals surface area contributed by atoms with Gasteiger partial charge >= 0.3 is 12.1 Å². The highest BCUT2D eigenvalue weighted by atomic mass is 16.6. The summed E-state index contributed by atoms with van der Waals surface area (Å²) in [5.74, 6) is -0.448. The maximum absolute atomic E-state index is 12.4. The maximum Gasteiger partial charge on any atom is 0.410 e. The summed E-state index contributed by atoms with van der Waals surface area (Å²) in [4.78, 5) is 25.2. The fourth-order valence-corrected chi connectivity index (χ4v) is 3.78. The summed E-state index contributed by atoms with van der Waals surface area (Å²) in [5.41, 5.74) is 0.872. The van der Waals surface area contributed by atoms with Gasteiger partial charge in [-0.15, -0.1) is 0 Å². The third-order valence-electron chi connectivity index (χ3n) is 5.28. The van der Waals surface area contributed by atoms with Gasteiger partial charge in [-0.1, -0.05) is 49.6 Å². The van der Waals surface area contributed by atoms with Crippen molar-refractivity contribution in [3.05, 3.63) is 35.9 Å². The van der Waals surface area contributed by atoms with Crippen molar-refractivity contribution in [1.29, 1.82) is 0 Å². The standard InChI is InChI=1S/C20H27NO5/c22-19(23)18-11-17(25-13-15-7-3-1-4-8-15)12-21(18)20(24)26-14-16-9-5-2-6-10-16/h2,5-6,9-10,15,17-18H,1,3-4,7-8,11-14H2,(H,22,23)/t17-,18+/m1/s1. The molecule has 1 N–H and O–H groups in total. The van der Waals surface area contributed by atoms with E-state index < -0.39 is 18.1 Å². The van der Waals surface area contributed by atoms with Gasteiger partial charge in [0, 0.05) is 13.0 Å². The summed E-state index contributed by atoms with van der Waals surface area (Å²) in [5, 5.41) is 9.45. The minimum absolute atomic E-state index is 0.135. The van der Waals surface area contributed by atoms with Crippen molar-refractivity contribution in [2.45, 2.75) is 57.3 Å². The third-order valence-corrected chi connectivity index (χ3v) is 5.28. The van der Waals surface area contributed by atoms with Crippen LogP contribution >= 0.6 is 0 Å². The minimum Gasteiger partial charge on any atom is -0.480 e. The summed E-state index contributed by atoms with van der Waals surface area (Å²) in [6.07, 6.45) is 5.63. The van der Waals surface area contributed by atoms with E-state index in [2.05, 4.69) is 0 Å². The summed E-state index contributed by atoms with van der Waals surface area (Å²) >= 11 is 0. The van der Waals surface area contributed by atoms with E-state index in [1.54, 1.807) is 0 Å². The number of carboxylic acids is 1. The molecule has 0 aromatic heterocycles. The van der Waals surface area contributed by atoms with Crippen LogP contribution in [0.5, 0.6) is 0 Å². The topological polar surface area (TPSA) is 76.1 Å². The predicted molar refractivity (Wildman–Crippen MR) is 95.7 cm³/mol. The Morgan fingerprint density at radius 2 is 1.85 bits per heavy atom. The molecule has 6 heteroatoms. The van der Waals surface area contributed by atoms with E-state index in [0.717, 1.165) is 5.56 Å². The van der Waals surface area contributed by atoms with Crippen molar-refractivity contribution in [2.24, 2.45) is 5.92 Å². The summed E-state index contributed by atoms with van der Waals surface area (Å²) in [7, 11) is 0. The van der Waals surface area contributed by atoms with E-state index in [0.29, 0.717) is 18.9 Å². The zero-order valence-electron chi connectivity index (χ0n) is 15.0. The van der Waals surface area contributed by atoms with Gasteiger partial charge in [-0.05, 0) is 24.3 Å². The molecule has 0 radical (unpaired) electrons. The van der Waals surface area contributed by atoms with Gasteiger partial charge in [-0.25, -0.2) is 9.59 Å². The number of aliphatic carboxylic acids is 1. The van der Waals surface area contributed by atoms with Gasteiger partial charge in [0.2, 0.25) is 0 Å². The second kappa shape index (κ2) is 9.03. The van der Waals surface area contributed by atoms with E-state index >= 15 is 0 Å². The average molecular weight is 361 g/mol. The number of nitrogens with zero attached hydrogens (tertiary/aromatic N) is 1. The number of ether oxygens (including phenoxy) is 2. The molecule has 0 spiro atoms. The Kier molecular flexibility index (Phi) is 6.50. The number of carboxylic acid groups (broad SMARTS) is 1. The predicted octanol–water partition coefficient (Wildman–Crippen LogP) is 3.45. The van der Waals surface area contributed by atoms with Gasteiger partial charge in [0.05, 0.1) is 12.6 Å². The van der Waals surface area contributed by atoms with Gasteiger partial charge in [-0.2, -0.15) is 0 Å². The summed E-state index contributed by atoms with van der Waals surface area (Å²) in [6.45, 7) is 1.07. The molecule has 1 aliphatic carbocycles. The molecule has 1 saturated carbocycles. The SMILES string of the molecule is O=C(O)[C@@H]1C[C@@H](OCC2CCCCC2)CN1C(=O)OCc1ccccc1. The van der Waals surface area contributed by atoms with Crippen molar-refractivity contribution >= 4 is 12.1 Å². The molecule has 1 aromatic rings. The van der Waals surface area contributed by atoms with Crippen LogP contribution in [0.25, 0.3) is 0 Å². The van der Waals surface area contributed by atoms with E-state index in [9.17, 15) is 14.7 Å². The van der Waals surface area contributed by atoms with Gasteiger partial charge in [0.25, 0.3) is 0 Å². The quantitative estimate of drug-likeness (QED) is 0.840. The second-order valence-electron chi connectivity index (χ2n) is 7.24. The van der Waals surface area contributed by atoms with E-state index in [1.165, 1.54) is 37.0 Å². The van der Waals surface area contributed by atoms with Crippen LogP contribution < -0.4 is 0 Å². The van der Waals surface area contributed by atoms with Crippen LogP contribution in [0.4, 0.5) is 4.79 Å². The molecule has 3 rings (SSSR count). The lowest BCUT2D eigenvalue weighted by Gasteiger charge is -2.23. The third kappa shape index (κ3) is 4.97. The first-order valence-electron chi connectivity index (χ1n) is 9.45. The largest absolute Gasteiger partial charge is 0.480 e. The van der Waals surface area contributed by atoms with Gasteiger partial charge in [0.1, 0.15) is 12.6 Å². The highest BCUT2D eigenvalue weighted by Crippen LogP contribution is 2.27. The molecule has 2 fully saturated rings. The van der Waals surface area contributed by atoms with Crippen molar-refractivity contribution in [2.75, 3.05) is 13.2 Å². The number of benzene rings is 1. The lowest BCUT2D eigenvalue weighted by molar-refractivity contribution is -0.141. The summed E-state index contributed by atoms with van der Waals surface area (Å²) in [6, 6.07) is 8.47. The second-order valence-corrected chi connectivity index (χ2v) is 7.24. The van der Waals surface area contributed by atoms with E-state index in [4.69, 9.17) is 9.47 Å². The first-order valence-corrected chi connectivity index (χ1v) is 9.45. The van der Waals surface area contributed by atoms with Crippen molar-refractivity contribution in [3.63, 3.8) is 0 Å². The Morgan fingerprint density at radius 1 is 1.12 bits per heavy atom. The molecule has 1 heterocycles. The fourth-order valence-electron chi connectivity index (χ4n) is 3.78. The Labute approximate surface area is 154 Å². The molecule has 1 aliphatic heterocycles. The maximum atomic E-state index is 12.4. The highest BCUT2D eigenvalue weighted by molar-refractivity contribution is 5.80. The monoisotopic (exact) mass is 361 g/mol. The molecule has 6 nitrogen and oxygen atoms in total. The zero-order chi connectivity index (χ0) is 18.4. The number of rotatable bonds is 6. The van der Waals surface area contributed by atoms with Crippen LogP contribution in [0.3, 0.4) is 0 Å². The van der Waals surface area contributed by atoms with Gasteiger partial charge in [-0.3, -0.25) is 4.90 Å². The van der Waals surface area contributed by atoms with Crippen LogP contribution in [0, 0.1) is 5.92 Å². The molecular formula is C20H27NO5. The van der Waals surface area contributed by atoms with Crippen LogP contribution in [0.15, 0.2) is 30.3 Å². The van der Waals surface area contributed by atoms with E-state index in [-0.39, 0.29) is 19.3 Å². The molecule has 0 unspecified atom stereocenters. The Morgan fingerprint density at radius 3 is 2.54 bits per heavy atom. The summed E-state index contributed by atoms with van der Waals surface area (Å²) < 4.78 is 11.3. The van der Waals surface area contributed by atoms with Gasteiger partial charge < -0.3 is 14.6 Å². The van der Waals surface area contributed by atoms with E-state index in [1.807, 2.05) is 30.3 Å². The molecule has 1 aromatic carbocycles. The molecule has 1 saturated heterocycles. The molecule has 142 valence electrons. The van der Waals surface area contributed by atoms with Crippen LogP contribution in [0.2, 0.25) is 0 Å². The van der Waals surface area contributed by atoms with Crippen LogP contribution in [-0.4, -0.2) is 47.4 Å². The minimum atomic E-state index is -1.01. The molecule has 0 bridgehead atoms. The fraction of sp³-hybridized carbons (Fsp3) is 0.600. The molecule has 26 heavy (non-hydrogen) atoms. The Balaban J connectivity index is 1.51. The number of hydrogen-bond donors (Lipinski definition) is 1. The normalized spacial score (nSPS) is 23.8. The molecule has 1 amide bonds. The zero-order valence-corrected chi connectivity index (χ0v) is 15.0. The van der Waals surface area contributed by atoms with Gasteiger partial charge in [0.15, 0.2) is 0 Å². The first-order chi connectivity index (χ1) is 12.6.